The summed E-state index contributed by atoms with van der Waals surface area (Å²) in [6, 6.07) is -1.90. The van der Waals surface area contributed by atoms with Crippen LogP contribution < -0.4 is 15.9 Å². The molecular formula is C17H27N4O11PS2Tc-. The van der Waals surface area contributed by atoms with E-state index >= 15 is 0 Å². The van der Waals surface area contributed by atoms with Gasteiger partial charge in [0.15, 0.2) is 0 Å². The minimum atomic E-state index is -4.66. The van der Waals surface area contributed by atoms with Crippen LogP contribution in [-0.2, 0) is 76.2 Å². The number of carboxylic acids is 3. The fourth-order valence-electron chi connectivity index (χ4n) is 2.71. The number of rotatable bonds is 18. The molecule has 0 aromatic heterocycles. The van der Waals surface area contributed by atoms with E-state index in [0.29, 0.717) is 0 Å². The van der Waals surface area contributed by atoms with Crippen molar-refractivity contribution in [1.29, 1.82) is 0 Å². The number of nitrogens with two attached hydrogens (primary N) is 1. The average molecular weight is 657 g/mol. The second kappa shape index (κ2) is 19.7. The first-order valence-electron chi connectivity index (χ1n) is 9.99. The molecule has 0 spiro atoms. The van der Waals surface area contributed by atoms with Gasteiger partial charge in [-0.15, -0.1) is 0 Å². The standard InChI is InChI=1S/C17H31N4O10PS2.O.Tc/c18-12(9-34)20-14(23)6-21(3-4-33)5-13(22)19-11(17(28)29)8-32(30,31)7-10(16(26)27)1-2-15(24)25;;/h10-12H,1-9,18H2,(H8,19,20,22,23,24,25,26,27,28,29,30,31,33,34);;/q;;+3/p-4. The van der Waals surface area contributed by atoms with Gasteiger partial charge < -0.3 is 71.2 Å². The number of carbonyl (C=O) groups is 5. The van der Waals surface area contributed by atoms with Crippen LogP contribution in [-0.4, -0.2) is 106 Å². The zero-order valence-corrected chi connectivity index (χ0v) is 23.2. The molecule has 0 aliphatic heterocycles. The van der Waals surface area contributed by atoms with E-state index in [1.807, 2.05) is 5.32 Å². The molecule has 0 aromatic rings. The predicted octanol–water partition coefficient (Wildman–Crippen LogP) is -2.78. The van der Waals surface area contributed by atoms with Gasteiger partial charge in [-0.2, -0.15) is 11.5 Å². The molecule has 0 radical (unpaired) electrons. The molecular weight excluding hydrogens is 629 g/mol. The Bertz CT molecular complexity index is 811. The van der Waals surface area contributed by atoms with Crippen LogP contribution in [0.5, 0.6) is 0 Å². The number of hydrogen-bond acceptors (Lipinski definition) is 12. The second-order valence-corrected chi connectivity index (χ2v) is 10.4. The van der Waals surface area contributed by atoms with E-state index in [9.17, 15) is 38.5 Å². The normalized spacial score (nSPS) is 14.8. The average Bonchev–Trinajstić information content (AvgIpc) is 2.76. The summed E-state index contributed by atoms with van der Waals surface area (Å²) in [7, 11) is -4.66. The van der Waals surface area contributed by atoms with E-state index in [1.54, 1.807) is 0 Å². The van der Waals surface area contributed by atoms with E-state index in [-0.39, 0.29) is 24.6 Å². The molecule has 0 fully saturated rings. The molecule has 0 heterocycles. The van der Waals surface area contributed by atoms with Gasteiger partial charge in [-0.1, -0.05) is 6.17 Å². The Morgan fingerprint density at radius 2 is 1.64 bits per heavy atom. The van der Waals surface area contributed by atoms with Crippen molar-refractivity contribution in [2.24, 2.45) is 11.7 Å². The first-order chi connectivity index (χ1) is 16.7. The summed E-state index contributed by atoms with van der Waals surface area (Å²) in [6.07, 6.45) is -4.01. The molecule has 36 heavy (non-hydrogen) atoms. The van der Waals surface area contributed by atoms with E-state index in [0.717, 1.165) is 18.9 Å². The van der Waals surface area contributed by atoms with Crippen molar-refractivity contribution >= 4 is 62.3 Å². The molecule has 0 saturated carbocycles. The van der Waals surface area contributed by atoms with Crippen molar-refractivity contribution in [3.8, 4) is 0 Å². The fourth-order valence-corrected chi connectivity index (χ4v) is 5.00. The molecule has 0 aliphatic carbocycles. The van der Waals surface area contributed by atoms with Gasteiger partial charge in [-0.25, -0.2) is 4.79 Å². The third-order valence-corrected chi connectivity index (χ3v) is 6.71. The molecule has 0 rings (SSSR count). The number of nitrogens with one attached hydrogen (secondary N) is 1. The van der Waals surface area contributed by atoms with Gasteiger partial charge >= 0.3 is 40.3 Å². The third-order valence-electron chi connectivity index (χ3n) is 4.26. The summed E-state index contributed by atoms with van der Waals surface area (Å²) >= 11 is 10.4. The number of aliphatic carboxylic acids is 3. The first kappa shape index (κ1) is 36.8. The van der Waals surface area contributed by atoms with Gasteiger partial charge in [-0.05, 0) is 13.0 Å². The maximum atomic E-state index is 12.4. The summed E-state index contributed by atoms with van der Waals surface area (Å²) < 4.78 is 20.6. The SMILES string of the molecule is NC(C[S-])[N-]C(=O)CN(CC[S-])CC(=O)NC(CP(=O)([O-])CC(CCC(=O)O)C(=O)O)C(=O)O.[O]=[Tc+3]. The van der Waals surface area contributed by atoms with Crippen molar-refractivity contribution < 1.29 is 71.1 Å². The third kappa shape index (κ3) is 17.9. The first-order valence-corrected chi connectivity index (χ1v) is 13.9. The van der Waals surface area contributed by atoms with E-state index in [1.165, 1.54) is 4.90 Å². The van der Waals surface area contributed by atoms with Gasteiger partial charge in [-0.3, -0.25) is 19.3 Å². The van der Waals surface area contributed by atoms with Crippen LogP contribution in [0, 0.1) is 5.92 Å². The van der Waals surface area contributed by atoms with Crippen molar-refractivity contribution in [2.75, 3.05) is 43.5 Å². The van der Waals surface area contributed by atoms with Gasteiger partial charge in [0.05, 0.1) is 18.4 Å². The molecule has 0 aromatic carbocycles. The maximum absolute atomic E-state index is 12.4. The molecule has 6 N–H and O–H groups in total. The molecule has 0 bridgehead atoms. The summed E-state index contributed by atoms with van der Waals surface area (Å²) in [5, 5.41) is 32.7. The molecule has 15 nitrogen and oxygen atoms in total. The van der Waals surface area contributed by atoms with Gasteiger partial charge in [0.25, 0.3) is 0 Å². The van der Waals surface area contributed by atoms with Gasteiger partial charge in [0, 0.05) is 32.7 Å². The zero-order valence-electron chi connectivity index (χ0n) is 18.8. The zero-order chi connectivity index (χ0) is 28.5. The van der Waals surface area contributed by atoms with Crippen LogP contribution in [0.3, 0.4) is 0 Å². The molecule has 4 atom stereocenters. The van der Waals surface area contributed by atoms with Gasteiger partial charge in [0.2, 0.25) is 5.91 Å². The summed E-state index contributed by atoms with van der Waals surface area (Å²) in [5.41, 5.74) is 5.47. The number of carboxylic acid groups (broad SMARTS) is 3. The van der Waals surface area contributed by atoms with Crippen LogP contribution in [0.15, 0.2) is 0 Å². The predicted molar refractivity (Wildman–Crippen MR) is 123 cm³/mol. The van der Waals surface area contributed by atoms with Crippen molar-refractivity contribution in [3.05, 3.63) is 5.32 Å². The van der Waals surface area contributed by atoms with Crippen LogP contribution in [0.2, 0.25) is 0 Å². The molecule has 2 amide bonds. The number of nitrogens with zero attached hydrogens (tertiary/aromatic N) is 2. The Kier molecular flexibility index (Phi) is 20.1. The number of hydrogen-bond donors (Lipinski definition) is 5. The minimum absolute atomic E-state index is 0.00183. The van der Waals surface area contributed by atoms with Crippen LogP contribution in [0.1, 0.15) is 12.8 Å². The number of carbonyl (C=O) groups excluding carboxylic acids is 2. The van der Waals surface area contributed by atoms with Crippen LogP contribution in [0.4, 0.5) is 0 Å². The van der Waals surface area contributed by atoms with Gasteiger partial charge in [0.1, 0.15) is 6.04 Å². The van der Waals surface area contributed by atoms with Crippen molar-refractivity contribution in [2.45, 2.75) is 25.0 Å². The Morgan fingerprint density at radius 3 is 2.08 bits per heavy atom. The topological polar surface area (TPSA) is 259 Å². The van der Waals surface area contributed by atoms with Crippen molar-refractivity contribution in [3.63, 3.8) is 0 Å². The van der Waals surface area contributed by atoms with E-state index in [2.05, 4.69) is 17.9 Å². The Balaban J connectivity index is 0. The number of amides is 2. The molecule has 4 unspecified atom stereocenters. The van der Waals surface area contributed by atoms with E-state index < -0.39 is 86.9 Å². The van der Waals surface area contributed by atoms with Crippen LogP contribution >= 0.6 is 7.37 Å². The summed E-state index contributed by atoms with van der Waals surface area (Å²) in [4.78, 5) is 71.2. The Hall–Kier alpha value is -1.39. The summed E-state index contributed by atoms with van der Waals surface area (Å²) in [6.45, 7) is -0.756. The summed E-state index contributed by atoms with van der Waals surface area (Å²) in [5.74, 6) is -7.56. The Morgan fingerprint density at radius 1 is 1.06 bits per heavy atom. The molecule has 0 aliphatic rings. The molecule has 206 valence electrons. The molecule has 0 saturated heterocycles. The van der Waals surface area contributed by atoms with E-state index in [4.69, 9.17) is 32.1 Å². The second-order valence-electron chi connectivity index (χ2n) is 7.28. The molecule has 19 heteroatoms. The van der Waals surface area contributed by atoms with Crippen molar-refractivity contribution in [1.82, 2.24) is 10.2 Å². The quantitative estimate of drug-likeness (QED) is 0.0738. The fraction of sp³-hybridized carbons (Fsp3) is 0.706. The monoisotopic (exact) mass is 655 g/mol. The Labute approximate surface area is 228 Å². The van der Waals surface area contributed by atoms with Crippen LogP contribution in [0.25, 0.3) is 5.32 Å².